The van der Waals surface area contributed by atoms with Crippen molar-refractivity contribution in [2.24, 2.45) is 17.3 Å². The molecule has 98 valence electrons. The van der Waals surface area contributed by atoms with Gasteiger partial charge < -0.3 is 10.4 Å². The fourth-order valence-electron chi connectivity index (χ4n) is 3.07. The largest absolute Gasteiger partial charge is 0.480 e. The molecule has 1 saturated carbocycles. The Hall–Kier alpha value is -1.06. The molecule has 1 amide bonds. The van der Waals surface area contributed by atoms with Gasteiger partial charge in [-0.05, 0) is 24.7 Å². The minimum absolute atomic E-state index is 0.0988. The Balaban J connectivity index is 2.74. The lowest BCUT2D eigenvalue weighted by Gasteiger charge is -2.42. The van der Waals surface area contributed by atoms with Crippen molar-refractivity contribution in [2.45, 2.75) is 46.5 Å². The zero-order valence-corrected chi connectivity index (χ0v) is 11.0. The molecule has 1 fully saturated rings. The summed E-state index contributed by atoms with van der Waals surface area (Å²) in [7, 11) is 0. The second kappa shape index (κ2) is 5.52. The number of carboxylic acid groups (broad SMARTS) is 1. The van der Waals surface area contributed by atoms with Gasteiger partial charge in [-0.15, -0.1) is 0 Å². The van der Waals surface area contributed by atoms with E-state index in [1.54, 1.807) is 0 Å². The molecule has 2 atom stereocenters. The Morgan fingerprint density at radius 2 is 2.06 bits per heavy atom. The first-order chi connectivity index (χ1) is 7.88. The standard InChI is InChI=1S/C13H23NO3/c1-9(2)10-6-4-5-7-13(10,3)12(17)14-8-11(15)16/h9-10H,4-8H2,1-3H3,(H,14,17)(H,15,16). The molecule has 0 aliphatic heterocycles. The Morgan fingerprint density at radius 1 is 1.41 bits per heavy atom. The van der Waals surface area contributed by atoms with Crippen LogP contribution >= 0.6 is 0 Å². The minimum Gasteiger partial charge on any atom is -0.480 e. The first kappa shape index (κ1) is 14.0. The van der Waals surface area contributed by atoms with Crippen molar-refractivity contribution in [3.8, 4) is 0 Å². The fourth-order valence-corrected chi connectivity index (χ4v) is 3.07. The van der Waals surface area contributed by atoms with E-state index in [2.05, 4.69) is 19.2 Å². The lowest BCUT2D eigenvalue weighted by Crippen LogP contribution is -2.48. The molecule has 0 aromatic heterocycles. The normalized spacial score (nSPS) is 29.1. The summed E-state index contributed by atoms with van der Waals surface area (Å²) in [6, 6.07) is 0. The highest BCUT2D eigenvalue weighted by atomic mass is 16.4. The predicted octanol–water partition coefficient (Wildman–Crippen LogP) is 2.04. The van der Waals surface area contributed by atoms with Crippen LogP contribution in [0.3, 0.4) is 0 Å². The second-order valence-electron chi connectivity index (χ2n) is 5.59. The summed E-state index contributed by atoms with van der Waals surface area (Å²) < 4.78 is 0. The predicted molar refractivity (Wildman–Crippen MR) is 65.5 cm³/mol. The minimum atomic E-state index is -0.987. The number of nitrogens with one attached hydrogen (secondary N) is 1. The summed E-state index contributed by atoms with van der Waals surface area (Å²) in [6.07, 6.45) is 4.15. The maximum atomic E-state index is 12.2. The third-order valence-electron chi connectivity index (χ3n) is 4.00. The van der Waals surface area contributed by atoms with Gasteiger partial charge in [-0.1, -0.05) is 33.6 Å². The van der Waals surface area contributed by atoms with Gasteiger partial charge in [0.15, 0.2) is 0 Å². The molecule has 2 unspecified atom stereocenters. The molecule has 17 heavy (non-hydrogen) atoms. The first-order valence-corrected chi connectivity index (χ1v) is 6.38. The zero-order chi connectivity index (χ0) is 13.1. The number of carboxylic acids is 1. The van der Waals surface area contributed by atoms with Crippen molar-refractivity contribution in [1.82, 2.24) is 5.32 Å². The third-order valence-corrected chi connectivity index (χ3v) is 4.00. The Labute approximate surface area is 103 Å². The van der Waals surface area contributed by atoms with Crippen molar-refractivity contribution >= 4 is 11.9 Å². The zero-order valence-electron chi connectivity index (χ0n) is 11.0. The third kappa shape index (κ3) is 3.20. The van der Waals surface area contributed by atoms with Gasteiger partial charge >= 0.3 is 5.97 Å². The van der Waals surface area contributed by atoms with Gasteiger partial charge in [0.1, 0.15) is 6.54 Å². The average molecular weight is 241 g/mol. The Bertz CT molecular complexity index is 301. The summed E-state index contributed by atoms with van der Waals surface area (Å²) in [5.74, 6) is -0.280. The van der Waals surface area contributed by atoms with Crippen LogP contribution in [0.4, 0.5) is 0 Å². The molecule has 0 aromatic rings. The molecule has 2 N–H and O–H groups in total. The second-order valence-corrected chi connectivity index (χ2v) is 5.59. The molecule has 0 heterocycles. The van der Waals surface area contributed by atoms with Crippen LogP contribution in [0.5, 0.6) is 0 Å². The first-order valence-electron chi connectivity index (χ1n) is 6.38. The summed E-state index contributed by atoms with van der Waals surface area (Å²) in [6.45, 7) is 5.98. The van der Waals surface area contributed by atoms with Gasteiger partial charge in [-0.3, -0.25) is 9.59 Å². The van der Waals surface area contributed by atoms with Crippen molar-refractivity contribution in [1.29, 1.82) is 0 Å². The number of carbonyl (C=O) groups is 2. The van der Waals surface area contributed by atoms with Gasteiger partial charge in [0, 0.05) is 5.41 Å². The highest BCUT2D eigenvalue weighted by Crippen LogP contribution is 2.44. The molecule has 0 saturated heterocycles. The average Bonchev–Trinajstić information content (AvgIpc) is 2.25. The molecule has 4 nitrogen and oxygen atoms in total. The quantitative estimate of drug-likeness (QED) is 0.791. The molecule has 1 rings (SSSR count). The number of rotatable bonds is 4. The van der Waals surface area contributed by atoms with Gasteiger partial charge in [0.2, 0.25) is 5.91 Å². The molecule has 0 radical (unpaired) electrons. The number of aliphatic carboxylic acids is 1. The van der Waals surface area contributed by atoms with Gasteiger partial charge in [-0.2, -0.15) is 0 Å². The topological polar surface area (TPSA) is 66.4 Å². The number of hydrogen-bond acceptors (Lipinski definition) is 2. The van der Waals surface area contributed by atoms with Gasteiger partial charge in [0.05, 0.1) is 0 Å². The van der Waals surface area contributed by atoms with Crippen LogP contribution in [0.25, 0.3) is 0 Å². The Kier molecular flexibility index (Phi) is 4.54. The molecular formula is C13H23NO3. The van der Waals surface area contributed by atoms with Crippen LogP contribution in [0.15, 0.2) is 0 Å². The van der Waals surface area contributed by atoms with E-state index in [0.717, 1.165) is 19.3 Å². The maximum absolute atomic E-state index is 12.2. The number of hydrogen-bond donors (Lipinski definition) is 2. The molecule has 1 aliphatic carbocycles. The Morgan fingerprint density at radius 3 is 2.59 bits per heavy atom. The van der Waals surface area contributed by atoms with Gasteiger partial charge in [0.25, 0.3) is 0 Å². The van der Waals surface area contributed by atoms with E-state index in [1.165, 1.54) is 6.42 Å². The van der Waals surface area contributed by atoms with Crippen molar-refractivity contribution in [2.75, 3.05) is 6.54 Å². The molecule has 0 bridgehead atoms. The summed E-state index contributed by atoms with van der Waals surface area (Å²) in [5.41, 5.74) is -0.401. The van der Waals surface area contributed by atoms with Crippen LogP contribution < -0.4 is 5.32 Å². The van der Waals surface area contributed by atoms with Crippen LogP contribution in [0, 0.1) is 17.3 Å². The summed E-state index contributed by atoms with van der Waals surface area (Å²) >= 11 is 0. The van der Waals surface area contributed by atoms with Crippen LogP contribution in [0.1, 0.15) is 46.5 Å². The lowest BCUT2D eigenvalue weighted by atomic mass is 9.63. The monoisotopic (exact) mass is 241 g/mol. The van der Waals surface area contributed by atoms with Crippen LogP contribution in [0.2, 0.25) is 0 Å². The SMILES string of the molecule is CC(C)C1CCCCC1(C)C(=O)NCC(=O)O. The van der Waals surface area contributed by atoms with Crippen LogP contribution in [-0.4, -0.2) is 23.5 Å². The van der Waals surface area contributed by atoms with E-state index in [-0.39, 0.29) is 12.5 Å². The van der Waals surface area contributed by atoms with E-state index in [4.69, 9.17) is 5.11 Å². The summed E-state index contributed by atoms with van der Waals surface area (Å²) in [4.78, 5) is 22.7. The molecule has 0 spiro atoms. The van der Waals surface area contributed by atoms with Crippen LogP contribution in [-0.2, 0) is 9.59 Å². The van der Waals surface area contributed by atoms with Gasteiger partial charge in [-0.25, -0.2) is 0 Å². The van der Waals surface area contributed by atoms with Crippen molar-refractivity contribution < 1.29 is 14.7 Å². The van der Waals surface area contributed by atoms with E-state index in [9.17, 15) is 9.59 Å². The van der Waals surface area contributed by atoms with E-state index >= 15 is 0 Å². The van der Waals surface area contributed by atoms with E-state index in [0.29, 0.717) is 11.8 Å². The molecule has 1 aliphatic rings. The van der Waals surface area contributed by atoms with Crippen molar-refractivity contribution in [3.05, 3.63) is 0 Å². The highest BCUT2D eigenvalue weighted by Gasteiger charge is 2.43. The summed E-state index contributed by atoms with van der Waals surface area (Å²) in [5, 5.41) is 11.1. The smallest absolute Gasteiger partial charge is 0.322 e. The number of carbonyl (C=O) groups excluding carboxylic acids is 1. The molecule has 0 aromatic carbocycles. The molecular weight excluding hydrogens is 218 g/mol. The van der Waals surface area contributed by atoms with E-state index < -0.39 is 11.4 Å². The fraction of sp³-hybridized carbons (Fsp3) is 0.846. The highest BCUT2D eigenvalue weighted by molar-refractivity contribution is 5.85. The lowest BCUT2D eigenvalue weighted by molar-refractivity contribution is -0.142. The maximum Gasteiger partial charge on any atom is 0.322 e. The molecule has 4 heteroatoms. The van der Waals surface area contributed by atoms with E-state index in [1.807, 2.05) is 6.92 Å². The number of amides is 1. The van der Waals surface area contributed by atoms with Crippen molar-refractivity contribution in [3.63, 3.8) is 0 Å².